The van der Waals surface area contributed by atoms with E-state index in [-0.39, 0.29) is 0 Å². The van der Waals surface area contributed by atoms with Gasteiger partial charge in [-0.15, -0.1) is 11.6 Å². The molecule has 0 radical (unpaired) electrons. The van der Waals surface area contributed by atoms with Crippen LogP contribution in [0.4, 0.5) is 5.82 Å². The van der Waals surface area contributed by atoms with Crippen LogP contribution in [0.2, 0.25) is 5.02 Å². The van der Waals surface area contributed by atoms with Crippen LogP contribution in [0.1, 0.15) is 19.0 Å². The molecule has 1 saturated heterocycles. The van der Waals surface area contributed by atoms with E-state index in [4.69, 9.17) is 27.9 Å². The molecule has 3 nitrogen and oxygen atoms in total. The number of halogens is 2. The zero-order chi connectivity index (χ0) is 12.3. The Morgan fingerprint density at radius 1 is 1.53 bits per heavy atom. The summed E-state index contributed by atoms with van der Waals surface area (Å²) in [6.45, 7) is 4.63. The Bertz CT molecular complexity index is 387. The summed E-state index contributed by atoms with van der Waals surface area (Å²) < 4.78 is 5.64. The minimum absolute atomic E-state index is 0.292. The second kappa shape index (κ2) is 5.89. The molecule has 0 bridgehead atoms. The number of rotatable bonds is 3. The largest absolute Gasteiger partial charge is 0.375 e. The average Bonchev–Trinajstić information content (AvgIpc) is 2.39. The van der Waals surface area contributed by atoms with Crippen molar-refractivity contribution in [3.05, 3.63) is 22.8 Å². The van der Waals surface area contributed by atoms with Crippen LogP contribution >= 0.6 is 23.2 Å². The highest BCUT2D eigenvalue weighted by molar-refractivity contribution is 6.32. The molecule has 1 fully saturated rings. The van der Waals surface area contributed by atoms with Crippen LogP contribution in [-0.4, -0.2) is 30.8 Å². The third-order valence-electron chi connectivity index (χ3n) is 2.95. The third-order valence-corrected chi connectivity index (χ3v) is 3.55. The Morgan fingerprint density at radius 3 is 3.06 bits per heavy atom. The number of anilines is 1. The van der Waals surface area contributed by atoms with E-state index in [0.29, 0.717) is 17.0 Å². The number of hydrogen-bond donors (Lipinski definition) is 0. The highest BCUT2D eigenvalue weighted by Crippen LogP contribution is 2.22. The predicted molar refractivity (Wildman–Crippen MR) is 71.0 cm³/mol. The van der Waals surface area contributed by atoms with Gasteiger partial charge in [-0.05, 0) is 18.6 Å². The van der Waals surface area contributed by atoms with E-state index >= 15 is 0 Å². The lowest BCUT2D eigenvalue weighted by atomic mass is 10.2. The molecule has 0 N–H and O–H groups in total. The van der Waals surface area contributed by atoms with E-state index in [2.05, 4.69) is 16.8 Å². The number of alkyl halides is 1. The number of nitrogens with zero attached hydrogens (tertiary/aromatic N) is 2. The molecule has 5 heteroatoms. The maximum Gasteiger partial charge on any atom is 0.129 e. The zero-order valence-corrected chi connectivity index (χ0v) is 11.3. The van der Waals surface area contributed by atoms with Crippen LogP contribution in [0.5, 0.6) is 0 Å². The molecular formula is C12H16Cl2N2O. The van der Waals surface area contributed by atoms with Gasteiger partial charge in [0.2, 0.25) is 0 Å². The van der Waals surface area contributed by atoms with Crippen molar-refractivity contribution in [1.82, 2.24) is 4.98 Å². The van der Waals surface area contributed by atoms with Crippen LogP contribution in [-0.2, 0) is 10.6 Å². The maximum absolute atomic E-state index is 6.00. The molecule has 1 aliphatic heterocycles. The van der Waals surface area contributed by atoms with Gasteiger partial charge in [0.25, 0.3) is 0 Å². The molecule has 2 rings (SSSR count). The van der Waals surface area contributed by atoms with Crippen molar-refractivity contribution in [3.63, 3.8) is 0 Å². The zero-order valence-electron chi connectivity index (χ0n) is 9.83. The molecule has 1 aromatic rings. The molecular weight excluding hydrogens is 259 g/mol. The fourth-order valence-electron chi connectivity index (χ4n) is 1.92. The topological polar surface area (TPSA) is 25.4 Å². The molecule has 1 atom stereocenters. The highest BCUT2D eigenvalue weighted by Gasteiger charge is 2.20. The quantitative estimate of drug-likeness (QED) is 0.793. The van der Waals surface area contributed by atoms with Gasteiger partial charge in [-0.1, -0.05) is 18.5 Å². The molecule has 0 aromatic carbocycles. The monoisotopic (exact) mass is 274 g/mol. The van der Waals surface area contributed by atoms with E-state index in [1.165, 1.54) is 0 Å². The van der Waals surface area contributed by atoms with Gasteiger partial charge in [-0.25, -0.2) is 4.98 Å². The number of aromatic nitrogens is 1. The number of ether oxygens (including phenoxy) is 1. The summed E-state index contributed by atoms with van der Waals surface area (Å²) in [6, 6.07) is 3.80. The van der Waals surface area contributed by atoms with Crippen LogP contribution in [0.3, 0.4) is 0 Å². The molecule has 1 aromatic heterocycles. The Kier molecular flexibility index (Phi) is 4.48. The molecule has 0 spiro atoms. The first-order valence-electron chi connectivity index (χ1n) is 5.82. The van der Waals surface area contributed by atoms with Crippen LogP contribution < -0.4 is 4.90 Å². The minimum Gasteiger partial charge on any atom is -0.375 e. The Hall–Kier alpha value is -0.510. The van der Waals surface area contributed by atoms with E-state index in [0.717, 1.165) is 37.6 Å². The molecule has 0 saturated carbocycles. The van der Waals surface area contributed by atoms with Gasteiger partial charge >= 0.3 is 0 Å². The molecule has 94 valence electrons. The van der Waals surface area contributed by atoms with Crippen molar-refractivity contribution in [2.75, 3.05) is 24.6 Å². The van der Waals surface area contributed by atoms with Gasteiger partial charge in [0, 0.05) is 13.1 Å². The normalized spacial score (nSPS) is 20.6. The summed E-state index contributed by atoms with van der Waals surface area (Å²) in [6.07, 6.45) is 1.31. The van der Waals surface area contributed by atoms with Crippen molar-refractivity contribution in [1.29, 1.82) is 0 Å². The van der Waals surface area contributed by atoms with Crippen molar-refractivity contribution in [3.8, 4) is 0 Å². The molecule has 1 unspecified atom stereocenters. The van der Waals surface area contributed by atoms with E-state index < -0.39 is 0 Å². The number of pyridine rings is 1. The first-order valence-corrected chi connectivity index (χ1v) is 6.73. The van der Waals surface area contributed by atoms with Gasteiger partial charge in [0.05, 0.1) is 29.3 Å². The number of hydrogen-bond acceptors (Lipinski definition) is 3. The second-order valence-corrected chi connectivity index (χ2v) is 4.75. The fraction of sp³-hybridized carbons (Fsp3) is 0.583. The first-order chi connectivity index (χ1) is 8.24. The van der Waals surface area contributed by atoms with Crippen molar-refractivity contribution >= 4 is 29.0 Å². The summed E-state index contributed by atoms with van der Waals surface area (Å²) in [7, 11) is 0. The smallest absolute Gasteiger partial charge is 0.129 e. The average molecular weight is 275 g/mol. The Balaban J connectivity index is 2.16. The number of morpholine rings is 1. The summed E-state index contributed by atoms with van der Waals surface area (Å²) in [5.74, 6) is 1.28. The Morgan fingerprint density at radius 2 is 2.35 bits per heavy atom. The molecule has 1 aliphatic rings. The lowest BCUT2D eigenvalue weighted by molar-refractivity contribution is 0.0381. The van der Waals surface area contributed by atoms with Gasteiger partial charge in [-0.3, -0.25) is 0 Å². The van der Waals surface area contributed by atoms with Crippen LogP contribution in [0.25, 0.3) is 0 Å². The van der Waals surface area contributed by atoms with E-state index in [9.17, 15) is 0 Å². The second-order valence-electron chi connectivity index (χ2n) is 4.08. The Labute approximate surface area is 112 Å². The SMILES string of the molecule is CCC1CN(c2ccc(Cl)c(CCl)n2)CCO1. The molecule has 0 aliphatic carbocycles. The van der Waals surface area contributed by atoms with Crippen LogP contribution in [0.15, 0.2) is 12.1 Å². The molecule has 0 amide bonds. The molecule has 2 heterocycles. The third kappa shape index (κ3) is 3.03. The standard InChI is InChI=1S/C12H16Cl2N2O/c1-2-9-8-16(5-6-17-9)12-4-3-10(14)11(7-13)15-12/h3-4,9H,2,5-8H2,1H3. The lowest BCUT2D eigenvalue weighted by Gasteiger charge is -2.33. The lowest BCUT2D eigenvalue weighted by Crippen LogP contribution is -2.42. The molecule has 17 heavy (non-hydrogen) atoms. The van der Waals surface area contributed by atoms with Gasteiger partial charge < -0.3 is 9.64 Å². The van der Waals surface area contributed by atoms with Crippen molar-refractivity contribution in [2.24, 2.45) is 0 Å². The van der Waals surface area contributed by atoms with E-state index in [1.54, 1.807) is 0 Å². The van der Waals surface area contributed by atoms with Gasteiger partial charge in [0.15, 0.2) is 0 Å². The summed E-state index contributed by atoms with van der Waals surface area (Å²) in [5.41, 5.74) is 0.741. The van der Waals surface area contributed by atoms with Gasteiger partial charge in [0.1, 0.15) is 5.82 Å². The fourth-order valence-corrected chi connectivity index (χ4v) is 2.36. The predicted octanol–water partition coefficient (Wildman–Crippen LogP) is 3.09. The summed E-state index contributed by atoms with van der Waals surface area (Å²) in [5, 5.41) is 0.629. The summed E-state index contributed by atoms with van der Waals surface area (Å²) in [4.78, 5) is 6.72. The first kappa shape index (κ1) is 12.9. The van der Waals surface area contributed by atoms with Crippen molar-refractivity contribution < 1.29 is 4.74 Å². The van der Waals surface area contributed by atoms with Crippen molar-refractivity contribution in [2.45, 2.75) is 25.3 Å². The summed E-state index contributed by atoms with van der Waals surface area (Å²) >= 11 is 11.8. The van der Waals surface area contributed by atoms with Gasteiger partial charge in [-0.2, -0.15) is 0 Å². The minimum atomic E-state index is 0.292. The van der Waals surface area contributed by atoms with E-state index in [1.807, 2.05) is 12.1 Å². The van der Waals surface area contributed by atoms with Crippen LogP contribution in [0, 0.1) is 0 Å². The maximum atomic E-state index is 6.00. The highest BCUT2D eigenvalue weighted by atomic mass is 35.5.